The van der Waals surface area contributed by atoms with Crippen LogP contribution >= 0.6 is 0 Å². The molecule has 0 saturated heterocycles. The van der Waals surface area contributed by atoms with Gasteiger partial charge in [-0.05, 0) is 12.1 Å². The third-order valence-corrected chi connectivity index (χ3v) is 1.60. The second-order valence-corrected chi connectivity index (χ2v) is 2.68. The molecule has 6 nitrogen and oxygen atoms in total. The number of aliphatic carboxylic acids is 1. The van der Waals surface area contributed by atoms with Gasteiger partial charge in [0.2, 0.25) is 0 Å². The fourth-order valence-electron chi connectivity index (χ4n) is 0.904. The molecule has 1 aromatic heterocycles. The molecule has 0 aliphatic rings. The van der Waals surface area contributed by atoms with Crippen LogP contribution in [0.4, 0.5) is 5.82 Å². The lowest BCUT2D eigenvalue weighted by atomic mass is 10.2. The van der Waals surface area contributed by atoms with E-state index in [1.54, 1.807) is 0 Å². The van der Waals surface area contributed by atoms with Crippen molar-refractivity contribution < 1.29 is 19.8 Å². The van der Waals surface area contributed by atoms with Crippen LogP contribution in [-0.2, 0) is 4.79 Å². The van der Waals surface area contributed by atoms with Gasteiger partial charge >= 0.3 is 11.9 Å². The number of nitrogen functional groups attached to an aromatic ring is 1. The van der Waals surface area contributed by atoms with Crippen molar-refractivity contribution in [3.63, 3.8) is 0 Å². The summed E-state index contributed by atoms with van der Waals surface area (Å²) in [6.45, 7) is 0. The van der Waals surface area contributed by atoms with Crippen molar-refractivity contribution in [3.8, 4) is 0 Å². The van der Waals surface area contributed by atoms with Crippen LogP contribution in [-0.4, -0.2) is 27.1 Å². The number of aromatic carboxylic acids is 1. The molecule has 0 radical (unpaired) electrons. The van der Waals surface area contributed by atoms with Gasteiger partial charge in [0.1, 0.15) is 5.82 Å². The highest BCUT2D eigenvalue weighted by atomic mass is 16.4. The molecular weight excluding hydrogens is 200 g/mol. The van der Waals surface area contributed by atoms with E-state index in [1.807, 2.05) is 0 Å². The normalized spacial score (nSPS) is 10.4. The molecule has 1 aromatic rings. The molecule has 0 saturated carbocycles. The monoisotopic (exact) mass is 208 g/mol. The lowest BCUT2D eigenvalue weighted by molar-refractivity contribution is -0.131. The Labute approximate surface area is 84.7 Å². The van der Waals surface area contributed by atoms with Gasteiger partial charge in [-0.25, -0.2) is 14.6 Å². The van der Waals surface area contributed by atoms with Crippen LogP contribution in [0.3, 0.4) is 0 Å². The highest BCUT2D eigenvalue weighted by Crippen LogP contribution is 2.12. The summed E-state index contributed by atoms with van der Waals surface area (Å²) >= 11 is 0. The van der Waals surface area contributed by atoms with E-state index < -0.39 is 11.9 Å². The molecule has 0 spiro atoms. The number of anilines is 1. The number of hydrogen-bond donors (Lipinski definition) is 3. The molecular formula is C9H8N2O4. The third-order valence-electron chi connectivity index (χ3n) is 1.60. The van der Waals surface area contributed by atoms with E-state index in [1.165, 1.54) is 12.1 Å². The summed E-state index contributed by atoms with van der Waals surface area (Å²) in [5.41, 5.74) is 5.64. The number of carbonyl (C=O) groups is 2. The minimum absolute atomic E-state index is 0.0470. The summed E-state index contributed by atoms with van der Waals surface area (Å²) in [6.07, 6.45) is 3.16. The highest BCUT2D eigenvalue weighted by molar-refractivity contribution is 5.90. The van der Waals surface area contributed by atoms with E-state index in [4.69, 9.17) is 15.9 Å². The van der Waals surface area contributed by atoms with Gasteiger partial charge in [-0.15, -0.1) is 0 Å². The maximum absolute atomic E-state index is 10.6. The van der Waals surface area contributed by atoms with Crippen LogP contribution in [0.25, 0.3) is 6.08 Å². The quantitative estimate of drug-likeness (QED) is 0.622. The van der Waals surface area contributed by atoms with Crippen LogP contribution in [0.1, 0.15) is 15.9 Å². The first-order valence-corrected chi connectivity index (χ1v) is 3.90. The smallest absolute Gasteiger partial charge is 0.337 e. The van der Waals surface area contributed by atoms with Crippen molar-refractivity contribution in [2.75, 3.05) is 5.73 Å². The second-order valence-electron chi connectivity index (χ2n) is 2.68. The van der Waals surface area contributed by atoms with E-state index >= 15 is 0 Å². The summed E-state index contributed by atoms with van der Waals surface area (Å²) in [6, 6.07) is 1.25. The maximum atomic E-state index is 10.6. The van der Waals surface area contributed by atoms with Gasteiger partial charge < -0.3 is 15.9 Å². The molecule has 0 aliphatic heterocycles. The molecule has 0 bridgehead atoms. The summed E-state index contributed by atoms with van der Waals surface area (Å²) < 4.78 is 0. The Balaban J connectivity index is 3.11. The molecule has 15 heavy (non-hydrogen) atoms. The van der Waals surface area contributed by atoms with E-state index in [-0.39, 0.29) is 16.9 Å². The SMILES string of the molecule is Nc1ncc(C(=O)O)cc1C=CC(=O)O. The first-order valence-electron chi connectivity index (χ1n) is 3.90. The Kier molecular flexibility index (Phi) is 3.02. The van der Waals surface area contributed by atoms with Crippen molar-refractivity contribution in [2.45, 2.75) is 0 Å². The van der Waals surface area contributed by atoms with Gasteiger partial charge in [0.25, 0.3) is 0 Å². The minimum Gasteiger partial charge on any atom is -0.478 e. The zero-order valence-electron chi connectivity index (χ0n) is 7.54. The number of nitrogens with zero attached hydrogens (tertiary/aromatic N) is 1. The van der Waals surface area contributed by atoms with E-state index in [0.717, 1.165) is 12.3 Å². The Bertz CT molecular complexity index is 440. The third kappa shape index (κ3) is 2.80. The fraction of sp³-hybridized carbons (Fsp3) is 0. The molecule has 0 aromatic carbocycles. The Morgan fingerprint density at radius 1 is 1.40 bits per heavy atom. The number of aromatic nitrogens is 1. The van der Waals surface area contributed by atoms with Crippen LogP contribution in [0, 0.1) is 0 Å². The topological polar surface area (TPSA) is 114 Å². The average Bonchev–Trinajstić information content (AvgIpc) is 2.16. The van der Waals surface area contributed by atoms with Crippen molar-refractivity contribution in [2.24, 2.45) is 0 Å². The summed E-state index contributed by atoms with van der Waals surface area (Å²) in [4.78, 5) is 24.5. The van der Waals surface area contributed by atoms with Gasteiger partial charge in [-0.3, -0.25) is 0 Å². The first kappa shape index (κ1) is 10.7. The largest absolute Gasteiger partial charge is 0.478 e. The Morgan fingerprint density at radius 3 is 2.60 bits per heavy atom. The molecule has 0 atom stereocenters. The van der Waals surface area contributed by atoms with Crippen LogP contribution in [0.2, 0.25) is 0 Å². The number of hydrogen-bond acceptors (Lipinski definition) is 4. The lowest BCUT2D eigenvalue weighted by Crippen LogP contribution is -2.01. The van der Waals surface area contributed by atoms with E-state index in [0.29, 0.717) is 0 Å². The molecule has 78 valence electrons. The summed E-state index contributed by atoms with van der Waals surface area (Å²) in [7, 11) is 0. The number of nitrogens with two attached hydrogens (primary N) is 1. The van der Waals surface area contributed by atoms with Crippen LogP contribution in [0.5, 0.6) is 0 Å². The Morgan fingerprint density at radius 2 is 2.07 bits per heavy atom. The summed E-state index contributed by atoms with van der Waals surface area (Å²) in [5, 5.41) is 17.0. The van der Waals surface area contributed by atoms with Gasteiger partial charge in [0.15, 0.2) is 0 Å². The molecule has 0 aliphatic carbocycles. The molecule has 6 heteroatoms. The summed E-state index contributed by atoms with van der Waals surface area (Å²) in [5.74, 6) is -2.21. The number of carboxylic acids is 2. The van der Waals surface area contributed by atoms with Gasteiger partial charge in [-0.1, -0.05) is 0 Å². The van der Waals surface area contributed by atoms with Crippen LogP contribution in [0.15, 0.2) is 18.3 Å². The predicted molar refractivity (Wildman–Crippen MR) is 52.3 cm³/mol. The molecule has 4 N–H and O–H groups in total. The molecule has 1 rings (SSSR count). The van der Waals surface area contributed by atoms with E-state index in [9.17, 15) is 9.59 Å². The van der Waals surface area contributed by atoms with E-state index in [2.05, 4.69) is 4.98 Å². The van der Waals surface area contributed by atoms with Crippen molar-refractivity contribution >= 4 is 23.8 Å². The van der Waals surface area contributed by atoms with Gasteiger partial charge in [0.05, 0.1) is 5.56 Å². The standard InChI is InChI=1S/C9H8N2O4/c10-8-5(1-2-7(12)13)3-6(4-11-8)9(14)15/h1-4H,(H2,10,11)(H,12,13)(H,14,15). The van der Waals surface area contributed by atoms with Crippen molar-refractivity contribution in [3.05, 3.63) is 29.5 Å². The van der Waals surface area contributed by atoms with Gasteiger partial charge in [-0.2, -0.15) is 0 Å². The zero-order chi connectivity index (χ0) is 11.4. The number of carboxylic acid groups (broad SMARTS) is 2. The maximum Gasteiger partial charge on any atom is 0.337 e. The molecule has 1 heterocycles. The molecule has 0 fully saturated rings. The van der Waals surface area contributed by atoms with Crippen molar-refractivity contribution in [1.82, 2.24) is 4.98 Å². The predicted octanol–water partition coefficient (Wildman–Crippen LogP) is 0.460. The van der Waals surface area contributed by atoms with Gasteiger partial charge in [0, 0.05) is 17.8 Å². The first-order chi connectivity index (χ1) is 7.00. The molecule has 0 amide bonds. The van der Waals surface area contributed by atoms with Crippen LogP contribution < -0.4 is 5.73 Å². The zero-order valence-corrected chi connectivity index (χ0v) is 7.54. The Hall–Kier alpha value is -2.37. The number of rotatable bonds is 3. The number of pyridine rings is 1. The minimum atomic E-state index is -1.15. The molecule has 0 unspecified atom stereocenters. The second kappa shape index (κ2) is 4.23. The fourth-order valence-corrected chi connectivity index (χ4v) is 0.904. The van der Waals surface area contributed by atoms with Crippen molar-refractivity contribution in [1.29, 1.82) is 0 Å². The lowest BCUT2D eigenvalue weighted by Gasteiger charge is -2.00. The highest BCUT2D eigenvalue weighted by Gasteiger charge is 2.06. The average molecular weight is 208 g/mol.